The highest BCUT2D eigenvalue weighted by atomic mass is 16.5. The minimum absolute atomic E-state index is 0.546. The Hall–Kier alpha value is -1.35. The summed E-state index contributed by atoms with van der Waals surface area (Å²) < 4.78 is 5.65. The number of nitrogens with one attached hydrogen (secondary N) is 1. The van der Waals surface area contributed by atoms with Crippen molar-refractivity contribution in [2.75, 3.05) is 13.2 Å². The molecule has 0 saturated carbocycles. The molecular formula is C13H20N2O. The molecule has 0 spiro atoms. The average molecular weight is 220 g/mol. The summed E-state index contributed by atoms with van der Waals surface area (Å²) in [5.74, 6) is 0.842. The number of aryl methyl sites for hydroxylation is 1. The molecule has 0 aliphatic heterocycles. The molecule has 0 bridgehead atoms. The first-order valence-electron chi connectivity index (χ1n) is 5.58. The van der Waals surface area contributed by atoms with Gasteiger partial charge in [-0.2, -0.15) is 0 Å². The number of aromatic nitrogens is 1. The quantitative estimate of drug-likeness (QED) is 0.748. The summed E-state index contributed by atoms with van der Waals surface area (Å²) in [6.07, 6.45) is 0. The van der Waals surface area contributed by atoms with Crippen molar-refractivity contribution in [2.24, 2.45) is 0 Å². The third kappa shape index (κ3) is 4.03. The van der Waals surface area contributed by atoms with Gasteiger partial charge in [0.25, 0.3) is 0 Å². The third-order valence-corrected chi connectivity index (χ3v) is 2.09. The standard InChI is InChI=1S/C13H20N2O/c1-5-14-8-12-13(16-9-10(2)3)7-6-11(4)15-12/h6-7,14H,2,5,8-9H2,1,3-4H3. The molecule has 0 radical (unpaired) electrons. The van der Waals surface area contributed by atoms with E-state index in [2.05, 4.69) is 23.8 Å². The van der Waals surface area contributed by atoms with Crippen LogP contribution in [-0.4, -0.2) is 18.1 Å². The van der Waals surface area contributed by atoms with E-state index in [0.717, 1.165) is 35.8 Å². The fourth-order valence-corrected chi connectivity index (χ4v) is 1.30. The van der Waals surface area contributed by atoms with Crippen molar-refractivity contribution in [3.05, 3.63) is 35.7 Å². The van der Waals surface area contributed by atoms with E-state index in [-0.39, 0.29) is 0 Å². The largest absolute Gasteiger partial charge is 0.487 e. The molecule has 3 heteroatoms. The predicted molar refractivity (Wildman–Crippen MR) is 66.7 cm³/mol. The minimum atomic E-state index is 0.546. The molecule has 1 aromatic heterocycles. The van der Waals surface area contributed by atoms with Crippen molar-refractivity contribution in [1.29, 1.82) is 0 Å². The van der Waals surface area contributed by atoms with E-state index in [0.29, 0.717) is 6.61 Å². The summed E-state index contributed by atoms with van der Waals surface area (Å²) in [5, 5.41) is 3.25. The van der Waals surface area contributed by atoms with Crippen LogP contribution >= 0.6 is 0 Å². The summed E-state index contributed by atoms with van der Waals surface area (Å²) >= 11 is 0. The number of rotatable bonds is 6. The number of hydrogen-bond acceptors (Lipinski definition) is 3. The number of pyridine rings is 1. The van der Waals surface area contributed by atoms with Gasteiger partial charge in [-0.25, -0.2) is 0 Å². The van der Waals surface area contributed by atoms with Gasteiger partial charge in [-0.05, 0) is 38.1 Å². The Morgan fingerprint density at radius 2 is 2.25 bits per heavy atom. The lowest BCUT2D eigenvalue weighted by atomic mass is 10.2. The van der Waals surface area contributed by atoms with E-state index in [1.165, 1.54) is 0 Å². The molecule has 0 saturated heterocycles. The molecule has 0 aromatic carbocycles. The first-order valence-corrected chi connectivity index (χ1v) is 5.58. The fraction of sp³-hybridized carbons (Fsp3) is 0.462. The van der Waals surface area contributed by atoms with E-state index < -0.39 is 0 Å². The van der Waals surface area contributed by atoms with Crippen LogP contribution in [0.1, 0.15) is 25.2 Å². The molecule has 16 heavy (non-hydrogen) atoms. The summed E-state index contributed by atoms with van der Waals surface area (Å²) in [5.41, 5.74) is 2.98. The maximum Gasteiger partial charge on any atom is 0.142 e. The number of hydrogen-bond donors (Lipinski definition) is 1. The fourth-order valence-electron chi connectivity index (χ4n) is 1.30. The van der Waals surface area contributed by atoms with Crippen LogP contribution in [0, 0.1) is 6.92 Å². The third-order valence-electron chi connectivity index (χ3n) is 2.09. The highest BCUT2D eigenvalue weighted by molar-refractivity contribution is 5.29. The lowest BCUT2D eigenvalue weighted by molar-refractivity contribution is 0.345. The molecule has 1 heterocycles. The normalized spacial score (nSPS) is 10.2. The molecule has 1 N–H and O–H groups in total. The van der Waals surface area contributed by atoms with Gasteiger partial charge >= 0.3 is 0 Å². The summed E-state index contributed by atoms with van der Waals surface area (Å²) in [4.78, 5) is 4.47. The Balaban J connectivity index is 2.76. The maximum absolute atomic E-state index is 5.65. The van der Waals surface area contributed by atoms with Crippen molar-refractivity contribution in [2.45, 2.75) is 27.3 Å². The minimum Gasteiger partial charge on any atom is -0.487 e. The van der Waals surface area contributed by atoms with Crippen LogP contribution in [0.2, 0.25) is 0 Å². The topological polar surface area (TPSA) is 34.1 Å². The first-order chi connectivity index (χ1) is 7.63. The molecule has 1 rings (SSSR count). The van der Waals surface area contributed by atoms with Crippen LogP contribution in [0.25, 0.3) is 0 Å². The molecule has 0 fully saturated rings. The van der Waals surface area contributed by atoms with Crippen LogP contribution in [0.4, 0.5) is 0 Å². The highest BCUT2D eigenvalue weighted by Gasteiger charge is 2.05. The number of ether oxygens (including phenoxy) is 1. The molecule has 1 aromatic rings. The highest BCUT2D eigenvalue weighted by Crippen LogP contribution is 2.17. The van der Waals surface area contributed by atoms with E-state index in [1.54, 1.807) is 0 Å². The van der Waals surface area contributed by atoms with Crippen molar-refractivity contribution >= 4 is 0 Å². The zero-order valence-electron chi connectivity index (χ0n) is 10.3. The van der Waals surface area contributed by atoms with Crippen LogP contribution in [0.3, 0.4) is 0 Å². The molecule has 0 atom stereocenters. The Bertz CT molecular complexity index is 361. The molecule has 0 aliphatic rings. The molecule has 0 unspecified atom stereocenters. The zero-order valence-corrected chi connectivity index (χ0v) is 10.3. The Morgan fingerprint density at radius 1 is 1.50 bits per heavy atom. The second kappa shape index (κ2) is 6.28. The van der Waals surface area contributed by atoms with Crippen molar-refractivity contribution in [3.63, 3.8) is 0 Å². The van der Waals surface area contributed by atoms with Gasteiger partial charge in [0.1, 0.15) is 12.4 Å². The molecule has 0 amide bonds. The van der Waals surface area contributed by atoms with Gasteiger partial charge in [0.15, 0.2) is 0 Å². The smallest absolute Gasteiger partial charge is 0.142 e. The summed E-state index contributed by atoms with van der Waals surface area (Å²) in [6, 6.07) is 3.93. The van der Waals surface area contributed by atoms with E-state index >= 15 is 0 Å². The SMILES string of the molecule is C=C(C)COc1ccc(C)nc1CNCC. The Labute approximate surface area is 97.5 Å². The maximum atomic E-state index is 5.65. The van der Waals surface area contributed by atoms with Gasteiger partial charge < -0.3 is 10.1 Å². The first kappa shape index (κ1) is 12.7. The van der Waals surface area contributed by atoms with Crippen molar-refractivity contribution in [1.82, 2.24) is 10.3 Å². The van der Waals surface area contributed by atoms with Gasteiger partial charge in [0.05, 0.1) is 5.69 Å². The van der Waals surface area contributed by atoms with Gasteiger partial charge in [-0.15, -0.1) is 0 Å². The van der Waals surface area contributed by atoms with E-state index in [9.17, 15) is 0 Å². The van der Waals surface area contributed by atoms with Crippen LogP contribution in [0.5, 0.6) is 5.75 Å². The number of nitrogens with zero attached hydrogens (tertiary/aromatic N) is 1. The van der Waals surface area contributed by atoms with Crippen molar-refractivity contribution in [3.8, 4) is 5.75 Å². The van der Waals surface area contributed by atoms with Crippen LogP contribution in [0.15, 0.2) is 24.3 Å². The lowest BCUT2D eigenvalue weighted by Crippen LogP contribution is -2.15. The van der Waals surface area contributed by atoms with Gasteiger partial charge in [-0.3, -0.25) is 4.98 Å². The molecule has 0 aliphatic carbocycles. The second-order valence-electron chi connectivity index (χ2n) is 3.92. The van der Waals surface area contributed by atoms with E-state index in [4.69, 9.17) is 4.74 Å². The van der Waals surface area contributed by atoms with Crippen LogP contribution in [-0.2, 0) is 6.54 Å². The van der Waals surface area contributed by atoms with Gasteiger partial charge in [-0.1, -0.05) is 13.5 Å². The summed E-state index contributed by atoms with van der Waals surface area (Å²) in [6.45, 7) is 12.0. The van der Waals surface area contributed by atoms with Crippen molar-refractivity contribution < 1.29 is 4.74 Å². The van der Waals surface area contributed by atoms with Crippen LogP contribution < -0.4 is 10.1 Å². The second-order valence-corrected chi connectivity index (χ2v) is 3.92. The molecular weight excluding hydrogens is 200 g/mol. The predicted octanol–water partition coefficient (Wildman–Crippen LogP) is 2.45. The monoisotopic (exact) mass is 220 g/mol. The van der Waals surface area contributed by atoms with Gasteiger partial charge in [0.2, 0.25) is 0 Å². The summed E-state index contributed by atoms with van der Waals surface area (Å²) in [7, 11) is 0. The Kier molecular flexibility index (Phi) is 4.99. The average Bonchev–Trinajstić information content (AvgIpc) is 2.24. The lowest BCUT2D eigenvalue weighted by Gasteiger charge is -2.11. The molecule has 3 nitrogen and oxygen atoms in total. The Morgan fingerprint density at radius 3 is 2.88 bits per heavy atom. The molecule has 88 valence electrons. The van der Waals surface area contributed by atoms with E-state index in [1.807, 2.05) is 26.0 Å². The van der Waals surface area contributed by atoms with Gasteiger partial charge in [0, 0.05) is 12.2 Å². The zero-order chi connectivity index (χ0) is 12.0.